The third kappa shape index (κ3) is 3.40. The number of likely N-dealkylation sites (N-methyl/N-ethyl adjacent to an activating group) is 1. The molecule has 0 radical (unpaired) electrons. The average molecular weight is 306 g/mol. The van der Waals surface area contributed by atoms with Crippen LogP contribution in [-0.2, 0) is 10.0 Å². The molecule has 21 heavy (non-hydrogen) atoms. The summed E-state index contributed by atoms with van der Waals surface area (Å²) in [4.78, 5) is 0.151. The molecule has 1 aromatic heterocycles. The molecule has 0 aliphatic heterocycles. The lowest BCUT2D eigenvalue weighted by Gasteiger charge is -2.14. The monoisotopic (exact) mass is 306 g/mol. The number of nitrogens with zero attached hydrogens (tertiary/aromatic N) is 2. The molecule has 0 saturated heterocycles. The molecular weight excluding hydrogens is 288 g/mol. The highest BCUT2D eigenvalue weighted by molar-refractivity contribution is 7.89. The van der Waals surface area contributed by atoms with Crippen LogP contribution < -0.4 is 0 Å². The van der Waals surface area contributed by atoms with Crippen molar-refractivity contribution in [2.45, 2.75) is 18.7 Å². The van der Waals surface area contributed by atoms with Crippen LogP contribution in [0, 0.1) is 13.8 Å². The second-order valence-corrected chi connectivity index (χ2v) is 6.73. The molecule has 0 aliphatic carbocycles. The van der Waals surface area contributed by atoms with Gasteiger partial charge in [-0.15, -0.1) is 0 Å². The van der Waals surface area contributed by atoms with Gasteiger partial charge in [0.15, 0.2) is 5.76 Å². The van der Waals surface area contributed by atoms with Crippen LogP contribution in [0.5, 0.6) is 0 Å². The van der Waals surface area contributed by atoms with Gasteiger partial charge in [0.1, 0.15) is 10.6 Å². The van der Waals surface area contributed by atoms with E-state index in [0.29, 0.717) is 11.5 Å². The van der Waals surface area contributed by atoms with Gasteiger partial charge in [-0.25, -0.2) is 8.42 Å². The zero-order valence-corrected chi connectivity index (χ0v) is 13.1. The highest BCUT2D eigenvalue weighted by Gasteiger charge is 2.27. The molecule has 0 aliphatic rings. The van der Waals surface area contributed by atoms with Crippen LogP contribution in [0.3, 0.4) is 0 Å². The largest absolute Gasteiger partial charge is 0.360 e. The van der Waals surface area contributed by atoms with Crippen LogP contribution in [0.25, 0.3) is 6.08 Å². The Hall–Kier alpha value is -1.92. The Bertz CT molecular complexity index is 714. The van der Waals surface area contributed by atoms with Crippen molar-refractivity contribution in [3.05, 3.63) is 53.4 Å². The molecule has 2 rings (SSSR count). The van der Waals surface area contributed by atoms with Crippen molar-refractivity contribution in [1.29, 1.82) is 0 Å². The van der Waals surface area contributed by atoms with Crippen molar-refractivity contribution in [3.63, 3.8) is 0 Å². The van der Waals surface area contributed by atoms with Crippen molar-refractivity contribution in [3.8, 4) is 0 Å². The van der Waals surface area contributed by atoms with Gasteiger partial charge >= 0.3 is 0 Å². The van der Waals surface area contributed by atoms with Crippen LogP contribution in [0.1, 0.15) is 17.0 Å². The van der Waals surface area contributed by atoms with Gasteiger partial charge in [0.25, 0.3) is 0 Å². The molecule has 2 aromatic rings. The number of sulfonamides is 1. The fourth-order valence-electron chi connectivity index (χ4n) is 2.00. The van der Waals surface area contributed by atoms with E-state index in [0.717, 1.165) is 5.56 Å². The lowest BCUT2D eigenvalue weighted by molar-refractivity contribution is 0.390. The highest BCUT2D eigenvalue weighted by atomic mass is 32.2. The summed E-state index contributed by atoms with van der Waals surface area (Å²) < 4.78 is 31.1. The molecule has 0 bridgehead atoms. The van der Waals surface area contributed by atoms with Gasteiger partial charge in [0.05, 0.1) is 0 Å². The van der Waals surface area contributed by atoms with Gasteiger partial charge in [-0.3, -0.25) is 0 Å². The Labute approximate surface area is 124 Å². The number of rotatable bonds is 5. The molecule has 0 saturated carbocycles. The van der Waals surface area contributed by atoms with E-state index in [9.17, 15) is 8.42 Å². The molecular formula is C15H18N2O3S. The summed E-state index contributed by atoms with van der Waals surface area (Å²) in [6, 6.07) is 9.72. The standard InChI is InChI=1S/C15H18N2O3S/c1-12-15(13(2)20-16-12)21(18,19)17(3)11-7-10-14-8-5-4-6-9-14/h4-10H,11H2,1-3H3. The lowest BCUT2D eigenvalue weighted by Crippen LogP contribution is -2.27. The van der Waals surface area contributed by atoms with Crippen LogP contribution >= 0.6 is 0 Å². The molecule has 1 heterocycles. The Kier molecular flexibility index (Phi) is 4.59. The van der Waals surface area contributed by atoms with E-state index in [-0.39, 0.29) is 11.4 Å². The predicted octanol–water partition coefficient (Wildman–Crippen LogP) is 2.63. The van der Waals surface area contributed by atoms with Gasteiger partial charge < -0.3 is 4.52 Å². The van der Waals surface area contributed by atoms with Crippen molar-refractivity contribution < 1.29 is 12.9 Å². The topological polar surface area (TPSA) is 63.4 Å². The number of hydrogen-bond donors (Lipinski definition) is 0. The average Bonchev–Trinajstić information content (AvgIpc) is 2.79. The minimum Gasteiger partial charge on any atom is -0.360 e. The van der Waals surface area contributed by atoms with Gasteiger partial charge in [-0.1, -0.05) is 47.6 Å². The Morgan fingerprint density at radius 1 is 1.24 bits per heavy atom. The SMILES string of the molecule is Cc1noc(C)c1S(=O)(=O)N(C)CC=Cc1ccccc1. The second-order valence-electron chi connectivity index (χ2n) is 4.75. The van der Waals surface area contributed by atoms with Gasteiger partial charge in [-0.2, -0.15) is 4.31 Å². The van der Waals surface area contributed by atoms with E-state index in [2.05, 4.69) is 5.16 Å². The summed E-state index contributed by atoms with van der Waals surface area (Å²) in [5.41, 5.74) is 1.41. The number of benzene rings is 1. The van der Waals surface area contributed by atoms with Crippen LogP contribution in [0.15, 0.2) is 45.8 Å². The molecule has 1 aromatic carbocycles. The number of aromatic nitrogens is 1. The second kappa shape index (κ2) is 6.24. The zero-order chi connectivity index (χ0) is 15.5. The van der Waals surface area contributed by atoms with Crippen molar-refractivity contribution in [1.82, 2.24) is 9.46 Å². The summed E-state index contributed by atoms with van der Waals surface area (Å²) in [5.74, 6) is 0.311. The van der Waals surface area contributed by atoms with E-state index >= 15 is 0 Å². The molecule has 0 amide bonds. The summed E-state index contributed by atoms with van der Waals surface area (Å²) in [5, 5.41) is 3.69. The fourth-order valence-corrected chi connectivity index (χ4v) is 3.40. The first-order valence-electron chi connectivity index (χ1n) is 6.53. The van der Waals surface area contributed by atoms with E-state index < -0.39 is 10.0 Å². The van der Waals surface area contributed by atoms with Gasteiger partial charge in [0.2, 0.25) is 10.0 Å². The summed E-state index contributed by atoms with van der Waals surface area (Å²) in [6.45, 7) is 3.50. The summed E-state index contributed by atoms with van der Waals surface area (Å²) in [6.07, 6.45) is 3.70. The summed E-state index contributed by atoms with van der Waals surface area (Å²) >= 11 is 0. The molecule has 0 N–H and O–H groups in total. The maximum atomic E-state index is 12.5. The van der Waals surface area contributed by atoms with E-state index in [1.165, 1.54) is 11.4 Å². The van der Waals surface area contributed by atoms with Crippen LogP contribution in [0.2, 0.25) is 0 Å². The highest BCUT2D eigenvalue weighted by Crippen LogP contribution is 2.22. The molecule has 112 valence electrons. The van der Waals surface area contributed by atoms with Gasteiger partial charge in [0, 0.05) is 13.6 Å². The minimum absolute atomic E-state index is 0.151. The minimum atomic E-state index is -3.59. The van der Waals surface area contributed by atoms with E-state index in [4.69, 9.17) is 4.52 Å². The van der Waals surface area contributed by atoms with Crippen molar-refractivity contribution in [2.24, 2.45) is 0 Å². The smallest absolute Gasteiger partial charge is 0.248 e. The van der Waals surface area contributed by atoms with Crippen LogP contribution in [-0.4, -0.2) is 31.5 Å². The molecule has 6 heteroatoms. The summed E-state index contributed by atoms with van der Waals surface area (Å²) in [7, 11) is -2.05. The van der Waals surface area contributed by atoms with Crippen LogP contribution in [0.4, 0.5) is 0 Å². The molecule has 0 unspecified atom stereocenters. The first-order valence-corrected chi connectivity index (χ1v) is 7.97. The maximum absolute atomic E-state index is 12.5. The zero-order valence-electron chi connectivity index (χ0n) is 12.3. The third-order valence-corrected chi connectivity index (χ3v) is 5.18. The Balaban J connectivity index is 2.13. The van der Waals surface area contributed by atoms with Crippen molar-refractivity contribution in [2.75, 3.05) is 13.6 Å². The van der Waals surface area contributed by atoms with E-state index in [1.54, 1.807) is 13.8 Å². The fraction of sp³-hybridized carbons (Fsp3) is 0.267. The normalized spacial score (nSPS) is 12.4. The molecule has 0 atom stereocenters. The molecule has 5 nitrogen and oxygen atoms in total. The molecule has 0 fully saturated rings. The quantitative estimate of drug-likeness (QED) is 0.852. The molecule has 0 spiro atoms. The first kappa shape index (κ1) is 15.5. The number of aryl methyl sites for hydroxylation is 2. The Morgan fingerprint density at radius 3 is 2.48 bits per heavy atom. The predicted molar refractivity (Wildman–Crippen MR) is 81.3 cm³/mol. The van der Waals surface area contributed by atoms with Crippen molar-refractivity contribution >= 4 is 16.1 Å². The van der Waals surface area contributed by atoms with E-state index in [1.807, 2.05) is 42.5 Å². The lowest BCUT2D eigenvalue weighted by atomic mass is 10.2. The third-order valence-electron chi connectivity index (χ3n) is 3.11. The first-order chi connectivity index (χ1) is 9.93. The van der Waals surface area contributed by atoms with Gasteiger partial charge in [-0.05, 0) is 19.4 Å². The number of hydrogen-bond acceptors (Lipinski definition) is 4. The maximum Gasteiger partial charge on any atom is 0.248 e. The Morgan fingerprint density at radius 2 is 1.90 bits per heavy atom.